The Morgan fingerprint density at radius 1 is 1.05 bits per heavy atom. The lowest BCUT2D eigenvalue weighted by molar-refractivity contribution is 0.169. The van der Waals surface area contributed by atoms with Crippen molar-refractivity contribution in [1.82, 2.24) is 9.21 Å². The Hall–Kier alpha value is -1.11. The molecule has 0 spiro atoms. The van der Waals surface area contributed by atoms with Crippen LogP contribution in [-0.4, -0.2) is 49.8 Å². The number of nitrogens with zero attached hydrogens (tertiary/aromatic N) is 2. The summed E-state index contributed by atoms with van der Waals surface area (Å²) in [5, 5.41) is 0. The Balaban J connectivity index is 1.74. The van der Waals surface area contributed by atoms with Crippen LogP contribution in [0.3, 0.4) is 0 Å². The first kappa shape index (κ1) is 14.8. The van der Waals surface area contributed by atoms with E-state index in [-0.39, 0.29) is 4.90 Å². The number of hydrogen-bond acceptors (Lipinski definition) is 4. The number of nitrogen functional groups attached to an aromatic ring is 1. The first-order valence-electron chi connectivity index (χ1n) is 7.68. The van der Waals surface area contributed by atoms with Gasteiger partial charge in [0.25, 0.3) is 0 Å². The van der Waals surface area contributed by atoms with Crippen molar-refractivity contribution in [3.63, 3.8) is 0 Å². The third kappa shape index (κ3) is 2.93. The topological polar surface area (TPSA) is 66.6 Å². The lowest BCUT2D eigenvalue weighted by Gasteiger charge is -2.32. The van der Waals surface area contributed by atoms with Crippen LogP contribution in [0.2, 0.25) is 0 Å². The normalized spacial score (nSPS) is 25.2. The van der Waals surface area contributed by atoms with Gasteiger partial charge in [0.2, 0.25) is 10.0 Å². The van der Waals surface area contributed by atoms with Gasteiger partial charge in [-0.3, -0.25) is 4.90 Å². The maximum absolute atomic E-state index is 12.7. The minimum Gasteiger partial charge on any atom is -0.398 e. The molecule has 1 aromatic carbocycles. The maximum Gasteiger partial charge on any atom is 0.245 e. The van der Waals surface area contributed by atoms with Crippen molar-refractivity contribution in [2.75, 3.05) is 31.9 Å². The summed E-state index contributed by atoms with van der Waals surface area (Å²) in [6.07, 6.45) is 4.68. The molecule has 1 atom stereocenters. The molecule has 2 aliphatic heterocycles. The van der Waals surface area contributed by atoms with Crippen molar-refractivity contribution in [2.45, 2.75) is 36.6 Å². The molecule has 21 heavy (non-hydrogen) atoms. The highest BCUT2D eigenvalue weighted by atomic mass is 32.2. The average molecular weight is 309 g/mol. The van der Waals surface area contributed by atoms with E-state index in [1.54, 1.807) is 28.6 Å². The summed E-state index contributed by atoms with van der Waals surface area (Å²) in [6.45, 7) is 3.40. The molecule has 6 heteroatoms. The van der Waals surface area contributed by atoms with E-state index in [0.717, 1.165) is 19.5 Å². The monoisotopic (exact) mass is 309 g/mol. The van der Waals surface area contributed by atoms with Gasteiger partial charge in [-0.05, 0) is 44.5 Å². The minimum absolute atomic E-state index is 0.240. The third-order valence-corrected chi connectivity index (χ3v) is 6.51. The second-order valence-corrected chi connectivity index (χ2v) is 7.85. The summed E-state index contributed by atoms with van der Waals surface area (Å²) in [5.41, 5.74) is 6.17. The van der Waals surface area contributed by atoms with Crippen LogP contribution in [0.5, 0.6) is 0 Å². The van der Waals surface area contributed by atoms with E-state index in [1.807, 2.05) is 0 Å². The molecule has 1 aromatic rings. The highest BCUT2D eigenvalue weighted by Crippen LogP contribution is 2.27. The molecule has 2 fully saturated rings. The van der Waals surface area contributed by atoms with Crippen LogP contribution in [0.1, 0.15) is 25.7 Å². The number of benzene rings is 1. The van der Waals surface area contributed by atoms with Crippen LogP contribution in [-0.2, 0) is 10.0 Å². The fraction of sp³-hybridized carbons (Fsp3) is 0.600. The highest BCUT2D eigenvalue weighted by Gasteiger charge is 2.36. The van der Waals surface area contributed by atoms with Crippen LogP contribution >= 0.6 is 0 Å². The summed E-state index contributed by atoms with van der Waals surface area (Å²) in [6, 6.07) is 7.09. The zero-order chi connectivity index (χ0) is 14.9. The lowest BCUT2D eigenvalue weighted by Crippen LogP contribution is -2.41. The molecule has 2 aliphatic rings. The van der Waals surface area contributed by atoms with Crippen LogP contribution in [0.4, 0.5) is 5.69 Å². The van der Waals surface area contributed by atoms with Crippen molar-refractivity contribution < 1.29 is 8.42 Å². The molecular formula is C15H23N3O2S. The van der Waals surface area contributed by atoms with E-state index in [9.17, 15) is 8.42 Å². The zero-order valence-electron chi connectivity index (χ0n) is 12.2. The molecule has 0 aliphatic carbocycles. The number of anilines is 1. The first-order chi connectivity index (χ1) is 10.1. The smallest absolute Gasteiger partial charge is 0.245 e. The standard InChI is InChI=1S/C15H23N3O2S/c16-14-6-2-3-7-15(14)21(19,20)18-11-8-13(12-18)17-9-4-1-5-10-17/h2-3,6-7,13H,1,4-5,8-12,16H2. The highest BCUT2D eigenvalue weighted by molar-refractivity contribution is 7.89. The number of rotatable bonds is 3. The summed E-state index contributed by atoms with van der Waals surface area (Å²) < 4.78 is 27.0. The molecule has 1 unspecified atom stereocenters. The van der Waals surface area contributed by atoms with Crippen LogP contribution in [0, 0.1) is 0 Å². The summed E-state index contributed by atoms with van der Waals surface area (Å²) >= 11 is 0. The van der Waals surface area contributed by atoms with Gasteiger partial charge in [-0.2, -0.15) is 4.31 Å². The van der Waals surface area contributed by atoms with Gasteiger partial charge in [-0.25, -0.2) is 8.42 Å². The number of sulfonamides is 1. The third-order valence-electron chi connectivity index (χ3n) is 4.57. The maximum atomic E-state index is 12.7. The number of likely N-dealkylation sites (tertiary alicyclic amines) is 1. The van der Waals surface area contributed by atoms with E-state index in [2.05, 4.69) is 4.90 Å². The van der Waals surface area contributed by atoms with Gasteiger partial charge in [0.1, 0.15) is 4.90 Å². The van der Waals surface area contributed by atoms with Crippen LogP contribution in [0.15, 0.2) is 29.2 Å². The predicted octanol–water partition coefficient (Wildman–Crippen LogP) is 1.52. The largest absolute Gasteiger partial charge is 0.398 e. The quantitative estimate of drug-likeness (QED) is 0.860. The summed E-state index contributed by atoms with van der Waals surface area (Å²) in [7, 11) is -3.46. The molecule has 3 rings (SSSR count). The molecule has 0 radical (unpaired) electrons. The van der Waals surface area contributed by atoms with Gasteiger partial charge >= 0.3 is 0 Å². The Bertz CT molecular complexity index is 597. The second kappa shape index (κ2) is 5.94. The summed E-state index contributed by atoms with van der Waals surface area (Å²) in [4.78, 5) is 2.69. The Labute approximate surface area is 126 Å². The molecule has 0 amide bonds. The van der Waals surface area contributed by atoms with E-state index < -0.39 is 10.0 Å². The molecule has 2 saturated heterocycles. The van der Waals surface area contributed by atoms with Crippen LogP contribution < -0.4 is 5.73 Å². The second-order valence-electron chi connectivity index (χ2n) is 5.94. The predicted molar refractivity (Wildman–Crippen MR) is 83.4 cm³/mol. The number of nitrogens with two attached hydrogens (primary N) is 1. The van der Waals surface area contributed by atoms with Crippen LogP contribution in [0.25, 0.3) is 0 Å². The molecule has 2 heterocycles. The molecule has 0 saturated carbocycles. The fourth-order valence-electron chi connectivity index (χ4n) is 3.37. The van der Waals surface area contributed by atoms with Crippen molar-refractivity contribution in [3.8, 4) is 0 Å². The number of para-hydroxylation sites is 1. The van der Waals surface area contributed by atoms with Crippen molar-refractivity contribution in [3.05, 3.63) is 24.3 Å². The Morgan fingerprint density at radius 2 is 1.76 bits per heavy atom. The van der Waals surface area contributed by atoms with E-state index in [1.165, 1.54) is 19.3 Å². The molecule has 116 valence electrons. The molecule has 2 N–H and O–H groups in total. The van der Waals surface area contributed by atoms with Gasteiger partial charge < -0.3 is 5.73 Å². The van der Waals surface area contributed by atoms with E-state index in [4.69, 9.17) is 5.73 Å². The number of hydrogen-bond donors (Lipinski definition) is 1. The van der Waals surface area contributed by atoms with Gasteiger partial charge in [0.05, 0.1) is 5.69 Å². The van der Waals surface area contributed by atoms with Gasteiger partial charge in [-0.15, -0.1) is 0 Å². The first-order valence-corrected chi connectivity index (χ1v) is 9.12. The van der Waals surface area contributed by atoms with Crippen molar-refractivity contribution in [1.29, 1.82) is 0 Å². The average Bonchev–Trinajstić information content (AvgIpc) is 2.99. The Morgan fingerprint density at radius 3 is 2.48 bits per heavy atom. The molecule has 0 bridgehead atoms. The van der Waals surface area contributed by atoms with Gasteiger partial charge in [0.15, 0.2) is 0 Å². The Kier molecular flexibility index (Phi) is 4.19. The minimum atomic E-state index is -3.46. The lowest BCUT2D eigenvalue weighted by atomic mass is 10.1. The van der Waals surface area contributed by atoms with Gasteiger partial charge in [0, 0.05) is 19.1 Å². The SMILES string of the molecule is Nc1ccccc1S(=O)(=O)N1CCC(N2CCCCC2)C1. The van der Waals surface area contributed by atoms with Crippen molar-refractivity contribution >= 4 is 15.7 Å². The molecule has 0 aromatic heterocycles. The molecule has 5 nitrogen and oxygen atoms in total. The van der Waals surface area contributed by atoms with Gasteiger partial charge in [-0.1, -0.05) is 18.6 Å². The summed E-state index contributed by atoms with van der Waals surface area (Å²) in [5.74, 6) is 0. The van der Waals surface area contributed by atoms with E-state index >= 15 is 0 Å². The number of piperidine rings is 1. The van der Waals surface area contributed by atoms with E-state index in [0.29, 0.717) is 24.8 Å². The van der Waals surface area contributed by atoms with Crippen molar-refractivity contribution in [2.24, 2.45) is 0 Å². The zero-order valence-corrected chi connectivity index (χ0v) is 13.1. The molecular weight excluding hydrogens is 286 g/mol. The fourth-order valence-corrected chi connectivity index (χ4v) is 4.97.